The molecular formula is C40H26BN. The molecule has 1 nitrogen and oxygen atoms in total. The van der Waals surface area contributed by atoms with Crippen LogP contribution in [0.5, 0.6) is 0 Å². The average molecular weight is 531 g/mol. The molecule has 10 rings (SSSR count). The van der Waals surface area contributed by atoms with Crippen LogP contribution >= 0.6 is 0 Å². The molecule has 0 saturated heterocycles. The van der Waals surface area contributed by atoms with Crippen molar-refractivity contribution in [1.82, 2.24) is 0 Å². The summed E-state index contributed by atoms with van der Waals surface area (Å²) in [5.41, 5.74) is 20.5. The first-order chi connectivity index (χ1) is 20.8. The number of benzene rings is 5. The van der Waals surface area contributed by atoms with E-state index in [9.17, 15) is 0 Å². The zero-order valence-electron chi connectivity index (χ0n) is 23.1. The molecule has 0 N–H and O–H groups in total. The molecule has 1 unspecified atom stereocenters. The summed E-state index contributed by atoms with van der Waals surface area (Å²) in [6, 6.07) is 38.7. The van der Waals surface area contributed by atoms with Crippen LogP contribution in [0.15, 0.2) is 145 Å². The van der Waals surface area contributed by atoms with Crippen LogP contribution < -0.4 is 21.3 Å². The summed E-state index contributed by atoms with van der Waals surface area (Å²) in [5.74, 6) is 0.375. The van der Waals surface area contributed by atoms with Gasteiger partial charge in [-0.3, -0.25) is 0 Å². The maximum Gasteiger partial charge on any atom is 0.248 e. The molecule has 5 aliphatic rings. The molecule has 194 valence electrons. The lowest BCUT2D eigenvalue weighted by atomic mass is 9.37. The highest BCUT2D eigenvalue weighted by atomic mass is 15.2. The van der Waals surface area contributed by atoms with E-state index < -0.39 is 0 Å². The molecule has 0 amide bonds. The van der Waals surface area contributed by atoms with E-state index in [-0.39, 0.29) is 6.71 Å². The van der Waals surface area contributed by atoms with E-state index in [1.54, 1.807) is 0 Å². The van der Waals surface area contributed by atoms with Crippen LogP contribution in [0.3, 0.4) is 0 Å². The number of rotatable bonds is 2. The standard InChI is InChI=1S/C40H26BN/c1-2-8-25(9-3-1)28-20-21-34-33(24-28)32-12-7-15-37-40(32)41(34)35-13-4-5-14-36(35)42(37)31-22-29-18-16-26-10-6-11-27-17-19-30(23-31)39(29)38(26)27/h1-18,20-24,38H,19H2. The Bertz CT molecular complexity index is 2130. The van der Waals surface area contributed by atoms with Crippen LogP contribution in [-0.4, -0.2) is 6.71 Å². The van der Waals surface area contributed by atoms with E-state index >= 15 is 0 Å². The molecule has 5 aromatic rings. The SMILES string of the molecule is C1=CC2=CCc3cc(N4c5ccccc5B5c6ccc(-c7ccccc7)cc6-c6cccc4c65)cc4c3C2C(=C1)C=C4. The summed E-state index contributed by atoms with van der Waals surface area (Å²) in [5, 5.41) is 0. The maximum atomic E-state index is 2.53. The summed E-state index contributed by atoms with van der Waals surface area (Å²) in [7, 11) is 0. The molecule has 0 spiro atoms. The first kappa shape index (κ1) is 22.6. The van der Waals surface area contributed by atoms with E-state index in [1.807, 2.05) is 0 Å². The quantitative estimate of drug-likeness (QED) is 0.207. The molecule has 0 bridgehead atoms. The van der Waals surface area contributed by atoms with Gasteiger partial charge in [0, 0.05) is 23.0 Å². The summed E-state index contributed by atoms with van der Waals surface area (Å²) in [6.45, 7) is 0.242. The number of hydrogen-bond acceptors (Lipinski definition) is 1. The van der Waals surface area contributed by atoms with Crippen molar-refractivity contribution in [2.45, 2.75) is 12.3 Å². The first-order valence-electron chi connectivity index (χ1n) is 15.0. The van der Waals surface area contributed by atoms with Gasteiger partial charge in [-0.2, -0.15) is 0 Å². The summed E-state index contributed by atoms with van der Waals surface area (Å²) in [4.78, 5) is 2.53. The number of fused-ring (bicyclic) bond motifs is 5. The van der Waals surface area contributed by atoms with Crippen molar-refractivity contribution in [3.05, 3.63) is 161 Å². The topological polar surface area (TPSA) is 3.24 Å². The van der Waals surface area contributed by atoms with Gasteiger partial charge in [0.15, 0.2) is 0 Å². The minimum absolute atomic E-state index is 0.242. The van der Waals surface area contributed by atoms with E-state index in [0.717, 1.165) is 6.42 Å². The molecule has 0 saturated carbocycles. The number of para-hydroxylation sites is 1. The molecule has 1 atom stereocenters. The predicted octanol–water partition coefficient (Wildman–Crippen LogP) is 7.72. The van der Waals surface area contributed by atoms with Crippen molar-refractivity contribution >= 4 is 46.2 Å². The van der Waals surface area contributed by atoms with Crippen LogP contribution in [-0.2, 0) is 6.42 Å². The van der Waals surface area contributed by atoms with Gasteiger partial charge in [-0.1, -0.05) is 115 Å². The molecule has 2 heteroatoms. The first-order valence-corrected chi connectivity index (χ1v) is 15.0. The fourth-order valence-electron chi connectivity index (χ4n) is 8.21. The summed E-state index contributed by atoms with van der Waals surface area (Å²) in [6.07, 6.45) is 14.8. The van der Waals surface area contributed by atoms with Crippen molar-refractivity contribution < 1.29 is 0 Å². The van der Waals surface area contributed by atoms with Crippen molar-refractivity contribution in [1.29, 1.82) is 0 Å². The number of allylic oxidation sites excluding steroid dienone is 7. The van der Waals surface area contributed by atoms with Gasteiger partial charge in [0.05, 0.1) is 0 Å². The van der Waals surface area contributed by atoms with Crippen LogP contribution in [0.2, 0.25) is 0 Å². The lowest BCUT2D eigenvalue weighted by Crippen LogP contribution is -2.54. The third-order valence-corrected chi connectivity index (χ3v) is 9.95. The normalized spacial score (nSPS) is 17.7. The Morgan fingerprint density at radius 2 is 1.52 bits per heavy atom. The molecular weight excluding hydrogens is 505 g/mol. The van der Waals surface area contributed by atoms with Crippen LogP contribution in [0.25, 0.3) is 28.3 Å². The van der Waals surface area contributed by atoms with Gasteiger partial charge < -0.3 is 4.90 Å². The molecule has 42 heavy (non-hydrogen) atoms. The second-order valence-electron chi connectivity index (χ2n) is 12.0. The Kier molecular flexibility index (Phi) is 4.43. The lowest BCUT2D eigenvalue weighted by Gasteiger charge is -2.38. The third kappa shape index (κ3) is 2.94. The fraction of sp³-hybridized carbons (Fsp3) is 0.0500. The average Bonchev–Trinajstić information content (AvgIpc) is 3.39. The van der Waals surface area contributed by atoms with Crippen LogP contribution in [0, 0.1) is 0 Å². The van der Waals surface area contributed by atoms with Crippen molar-refractivity contribution in [3.63, 3.8) is 0 Å². The molecule has 2 heterocycles. The van der Waals surface area contributed by atoms with Gasteiger partial charge in [-0.05, 0) is 97.8 Å². The highest BCUT2D eigenvalue weighted by Crippen LogP contribution is 2.49. The monoisotopic (exact) mass is 531 g/mol. The highest BCUT2D eigenvalue weighted by Gasteiger charge is 2.42. The van der Waals surface area contributed by atoms with Crippen molar-refractivity contribution in [2.24, 2.45) is 0 Å². The molecule has 5 aromatic carbocycles. The van der Waals surface area contributed by atoms with Gasteiger partial charge in [0.1, 0.15) is 0 Å². The zero-order valence-corrected chi connectivity index (χ0v) is 23.1. The second-order valence-corrected chi connectivity index (χ2v) is 12.0. The van der Waals surface area contributed by atoms with E-state index in [2.05, 4.69) is 144 Å². The Morgan fingerprint density at radius 3 is 2.48 bits per heavy atom. The molecule has 0 fully saturated rings. The minimum atomic E-state index is 0.242. The van der Waals surface area contributed by atoms with Crippen LogP contribution in [0.1, 0.15) is 22.6 Å². The van der Waals surface area contributed by atoms with Crippen molar-refractivity contribution in [2.75, 3.05) is 4.90 Å². The number of nitrogens with zero attached hydrogens (tertiary/aromatic N) is 1. The molecule has 0 aromatic heterocycles. The van der Waals surface area contributed by atoms with Gasteiger partial charge in [-0.15, -0.1) is 0 Å². The van der Waals surface area contributed by atoms with Gasteiger partial charge in [0.25, 0.3) is 0 Å². The van der Waals surface area contributed by atoms with E-state index in [0.29, 0.717) is 5.92 Å². The Balaban J connectivity index is 1.19. The van der Waals surface area contributed by atoms with Gasteiger partial charge in [-0.25, -0.2) is 0 Å². The lowest BCUT2D eigenvalue weighted by molar-refractivity contribution is 0.892. The Morgan fingerprint density at radius 1 is 0.643 bits per heavy atom. The largest absolute Gasteiger partial charge is 0.311 e. The maximum absolute atomic E-state index is 2.53. The highest BCUT2D eigenvalue weighted by molar-refractivity contribution is 7.01. The molecule has 2 aliphatic heterocycles. The molecule has 3 aliphatic carbocycles. The Labute approximate surface area is 246 Å². The minimum Gasteiger partial charge on any atom is -0.311 e. The smallest absolute Gasteiger partial charge is 0.248 e. The number of anilines is 3. The second kappa shape index (κ2) is 8.24. The van der Waals surface area contributed by atoms with E-state index in [1.165, 1.54) is 83.5 Å². The van der Waals surface area contributed by atoms with E-state index in [4.69, 9.17) is 0 Å². The summed E-state index contributed by atoms with van der Waals surface area (Å²) >= 11 is 0. The van der Waals surface area contributed by atoms with Gasteiger partial charge >= 0.3 is 0 Å². The van der Waals surface area contributed by atoms with Crippen LogP contribution in [0.4, 0.5) is 17.1 Å². The predicted molar refractivity (Wildman–Crippen MR) is 177 cm³/mol. The zero-order chi connectivity index (χ0) is 27.4. The summed E-state index contributed by atoms with van der Waals surface area (Å²) < 4.78 is 0. The third-order valence-electron chi connectivity index (χ3n) is 9.95. The molecule has 0 radical (unpaired) electrons. The van der Waals surface area contributed by atoms with Crippen molar-refractivity contribution in [3.8, 4) is 22.3 Å². The number of hydrogen-bond donors (Lipinski definition) is 0. The Hall–Kier alpha value is -5.08. The van der Waals surface area contributed by atoms with Gasteiger partial charge in [0.2, 0.25) is 6.71 Å². The fourth-order valence-corrected chi connectivity index (χ4v) is 8.21.